The SMILES string of the molecule is COC(=O)c1ccc(-n2ccc3cccnc32)cc1. The molecule has 94 valence electrons. The predicted octanol–water partition coefficient (Wildman–Crippen LogP) is 2.81. The fourth-order valence-corrected chi connectivity index (χ4v) is 2.05. The van der Waals surface area contributed by atoms with Gasteiger partial charge in [-0.15, -0.1) is 0 Å². The molecule has 4 heteroatoms. The summed E-state index contributed by atoms with van der Waals surface area (Å²) in [4.78, 5) is 15.7. The minimum atomic E-state index is -0.331. The molecule has 0 saturated carbocycles. The van der Waals surface area contributed by atoms with Gasteiger partial charge < -0.3 is 9.30 Å². The Morgan fingerprint density at radius 3 is 2.68 bits per heavy atom. The second-order valence-corrected chi connectivity index (χ2v) is 4.14. The second-order valence-electron chi connectivity index (χ2n) is 4.14. The van der Waals surface area contributed by atoms with Crippen molar-refractivity contribution in [2.45, 2.75) is 0 Å². The number of methoxy groups -OCH3 is 1. The lowest BCUT2D eigenvalue weighted by atomic mass is 10.2. The zero-order valence-corrected chi connectivity index (χ0v) is 10.4. The van der Waals surface area contributed by atoms with Crippen LogP contribution in [-0.2, 0) is 4.74 Å². The number of esters is 1. The van der Waals surface area contributed by atoms with Crippen molar-refractivity contribution in [3.05, 3.63) is 60.4 Å². The van der Waals surface area contributed by atoms with Gasteiger partial charge in [0.2, 0.25) is 0 Å². The number of fused-ring (bicyclic) bond motifs is 1. The number of rotatable bonds is 2. The lowest BCUT2D eigenvalue weighted by molar-refractivity contribution is 0.0601. The van der Waals surface area contributed by atoms with Crippen LogP contribution in [-0.4, -0.2) is 22.6 Å². The minimum absolute atomic E-state index is 0.331. The number of aromatic nitrogens is 2. The lowest BCUT2D eigenvalue weighted by Gasteiger charge is -2.05. The molecular formula is C15H12N2O2. The molecule has 0 aliphatic heterocycles. The van der Waals surface area contributed by atoms with E-state index in [9.17, 15) is 4.79 Å². The molecule has 3 aromatic rings. The van der Waals surface area contributed by atoms with Crippen LogP contribution in [0.4, 0.5) is 0 Å². The average Bonchev–Trinajstić information content (AvgIpc) is 2.90. The van der Waals surface area contributed by atoms with Crippen LogP contribution in [0.2, 0.25) is 0 Å². The molecule has 19 heavy (non-hydrogen) atoms. The van der Waals surface area contributed by atoms with Crippen LogP contribution in [0.25, 0.3) is 16.7 Å². The molecule has 2 heterocycles. The Bertz CT molecular complexity index is 729. The number of carbonyl (C=O) groups excluding carboxylic acids is 1. The van der Waals surface area contributed by atoms with Gasteiger partial charge in [0.05, 0.1) is 12.7 Å². The molecule has 0 fully saturated rings. The first-order chi connectivity index (χ1) is 9.29. The standard InChI is InChI=1S/C15H12N2O2/c1-19-15(18)12-4-6-13(7-5-12)17-10-8-11-3-2-9-16-14(11)17/h2-10H,1H3. The number of ether oxygens (including phenoxy) is 1. The molecule has 0 aliphatic rings. The monoisotopic (exact) mass is 252 g/mol. The molecule has 0 N–H and O–H groups in total. The summed E-state index contributed by atoms with van der Waals surface area (Å²) < 4.78 is 6.66. The molecule has 0 radical (unpaired) electrons. The Labute approximate surface area is 110 Å². The largest absolute Gasteiger partial charge is 0.465 e. The van der Waals surface area contributed by atoms with Crippen molar-refractivity contribution >= 4 is 17.0 Å². The quantitative estimate of drug-likeness (QED) is 0.659. The van der Waals surface area contributed by atoms with E-state index >= 15 is 0 Å². The first-order valence-corrected chi connectivity index (χ1v) is 5.90. The van der Waals surface area contributed by atoms with Crippen LogP contribution in [0.3, 0.4) is 0 Å². The molecule has 0 saturated heterocycles. The fraction of sp³-hybridized carbons (Fsp3) is 0.0667. The van der Waals surface area contributed by atoms with Crippen LogP contribution >= 0.6 is 0 Å². The van der Waals surface area contributed by atoms with Crippen molar-refractivity contribution in [1.29, 1.82) is 0 Å². The van der Waals surface area contributed by atoms with E-state index in [1.54, 1.807) is 18.3 Å². The highest BCUT2D eigenvalue weighted by atomic mass is 16.5. The summed E-state index contributed by atoms with van der Waals surface area (Å²) in [7, 11) is 1.37. The number of nitrogens with zero attached hydrogens (tertiary/aromatic N) is 2. The van der Waals surface area contributed by atoms with Crippen molar-refractivity contribution in [3.8, 4) is 5.69 Å². The highest BCUT2D eigenvalue weighted by Crippen LogP contribution is 2.18. The van der Waals surface area contributed by atoms with Crippen LogP contribution in [0.5, 0.6) is 0 Å². The highest BCUT2D eigenvalue weighted by molar-refractivity contribution is 5.89. The predicted molar refractivity (Wildman–Crippen MR) is 72.4 cm³/mol. The maximum atomic E-state index is 11.4. The number of hydrogen-bond donors (Lipinski definition) is 0. The van der Waals surface area contributed by atoms with Crippen molar-refractivity contribution < 1.29 is 9.53 Å². The van der Waals surface area contributed by atoms with E-state index in [2.05, 4.69) is 9.72 Å². The summed E-state index contributed by atoms with van der Waals surface area (Å²) >= 11 is 0. The molecular weight excluding hydrogens is 240 g/mol. The van der Waals surface area contributed by atoms with Crippen LogP contribution < -0.4 is 0 Å². The maximum Gasteiger partial charge on any atom is 0.337 e. The van der Waals surface area contributed by atoms with Gasteiger partial charge in [-0.3, -0.25) is 0 Å². The number of benzene rings is 1. The van der Waals surface area contributed by atoms with E-state index in [0.29, 0.717) is 5.56 Å². The Morgan fingerprint density at radius 2 is 1.95 bits per heavy atom. The van der Waals surface area contributed by atoms with Gasteiger partial charge in [0.25, 0.3) is 0 Å². The summed E-state index contributed by atoms with van der Waals surface area (Å²) in [6, 6.07) is 13.2. The third-order valence-electron chi connectivity index (χ3n) is 3.01. The van der Waals surface area contributed by atoms with E-state index in [1.165, 1.54) is 7.11 Å². The third kappa shape index (κ3) is 1.97. The molecule has 2 aromatic heterocycles. The molecule has 1 aromatic carbocycles. The van der Waals surface area contributed by atoms with Crippen LogP contribution in [0.1, 0.15) is 10.4 Å². The lowest BCUT2D eigenvalue weighted by Crippen LogP contribution is -2.01. The molecule has 0 atom stereocenters. The molecule has 0 amide bonds. The topological polar surface area (TPSA) is 44.1 Å². The molecule has 4 nitrogen and oxygen atoms in total. The third-order valence-corrected chi connectivity index (χ3v) is 3.01. The maximum absolute atomic E-state index is 11.4. The summed E-state index contributed by atoms with van der Waals surface area (Å²) in [6.07, 6.45) is 3.73. The summed E-state index contributed by atoms with van der Waals surface area (Å²) in [5.74, 6) is -0.331. The zero-order chi connectivity index (χ0) is 13.2. The summed E-state index contributed by atoms with van der Waals surface area (Å²) in [6.45, 7) is 0. The molecule has 0 aliphatic carbocycles. The van der Waals surface area contributed by atoms with Crippen molar-refractivity contribution in [2.24, 2.45) is 0 Å². The highest BCUT2D eigenvalue weighted by Gasteiger charge is 2.07. The van der Waals surface area contributed by atoms with Crippen molar-refractivity contribution in [1.82, 2.24) is 9.55 Å². The number of carbonyl (C=O) groups is 1. The van der Waals surface area contributed by atoms with Gasteiger partial charge in [0.15, 0.2) is 0 Å². The van der Waals surface area contributed by atoms with Crippen molar-refractivity contribution in [2.75, 3.05) is 7.11 Å². The Morgan fingerprint density at radius 1 is 1.16 bits per heavy atom. The summed E-state index contributed by atoms with van der Waals surface area (Å²) in [5, 5.41) is 1.08. The Balaban J connectivity index is 2.05. The Kier molecular flexibility index (Phi) is 2.76. The van der Waals surface area contributed by atoms with E-state index < -0.39 is 0 Å². The average molecular weight is 252 g/mol. The van der Waals surface area contributed by atoms with Crippen LogP contribution in [0, 0.1) is 0 Å². The second kappa shape index (κ2) is 4.57. The number of pyridine rings is 1. The molecule has 0 unspecified atom stereocenters. The van der Waals surface area contributed by atoms with Gasteiger partial charge >= 0.3 is 5.97 Å². The Hall–Kier alpha value is -2.62. The molecule has 0 spiro atoms. The van der Waals surface area contributed by atoms with Gasteiger partial charge in [-0.1, -0.05) is 0 Å². The zero-order valence-electron chi connectivity index (χ0n) is 10.4. The van der Waals surface area contributed by atoms with E-state index in [4.69, 9.17) is 0 Å². The molecule has 0 bridgehead atoms. The minimum Gasteiger partial charge on any atom is -0.465 e. The van der Waals surface area contributed by atoms with Gasteiger partial charge in [-0.05, 0) is 42.5 Å². The van der Waals surface area contributed by atoms with E-state index in [1.807, 2.05) is 41.1 Å². The summed E-state index contributed by atoms with van der Waals surface area (Å²) in [5.41, 5.74) is 2.39. The normalized spacial score (nSPS) is 10.6. The van der Waals surface area contributed by atoms with Crippen molar-refractivity contribution in [3.63, 3.8) is 0 Å². The van der Waals surface area contributed by atoms with E-state index in [-0.39, 0.29) is 5.97 Å². The fourth-order valence-electron chi connectivity index (χ4n) is 2.05. The van der Waals surface area contributed by atoms with Gasteiger partial charge in [-0.25, -0.2) is 9.78 Å². The number of hydrogen-bond acceptors (Lipinski definition) is 3. The first kappa shape index (κ1) is 11.5. The van der Waals surface area contributed by atoms with Gasteiger partial charge in [-0.2, -0.15) is 0 Å². The van der Waals surface area contributed by atoms with Gasteiger partial charge in [0, 0.05) is 23.5 Å². The van der Waals surface area contributed by atoms with Crippen LogP contribution in [0.15, 0.2) is 54.9 Å². The van der Waals surface area contributed by atoms with E-state index in [0.717, 1.165) is 16.7 Å². The first-order valence-electron chi connectivity index (χ1n) is 5.90. The molecule has 3 rings (SSSR count). The van der Waals surface area contributed by atoms with Gasteiger partial charge in [0.1, 0.15) is 5.65 Å². The smallest absolute Gasteiger partial charge is 0.337 e.